The van der Waals surface area contributed by atoms with Crippen LogP contribution in [0.4, 0.5) is 5.69 Å². The molecule has 0 aliphatic carbocycles. The third-order valence-corrected chi connectivity index (χ3v) is 3.25. The van der Waals surface area contributed by atoms with Gasteiger partial charge in [-0.3, -0.25) is 9.78 Å². The predicted octanol–water partition coefficient (Wildman–Crippen LogP) is 2.75. The Kier molecular flexibility index (Phi) is 4.01. The van der Waals surface area contributed by atoms with Crippen LogP contribution in [-0.2, 0) is 0 Å². The summed E-state index contributed by atoms with van der Waals surface area (Å²) in [4.78, 5) is 15.5. The second-order valence-corrected chi connectivity index (χ2v) is 4.80. The number of amides is 1. The van der Waals surface area contributed by atoms with Gasteiger partial charge in [-0.2, -0.15) is 0 Å². The molecule has 0 fully saturated rings. The number of nitrogen functional groups attached to an aromatic ring is 1. The minimum absolute atomic E-state index is 0.101. The highest BCUT2D eigenvalue weighted by Gasteiger charge is 2.20. The van der Waals surface area contributed by atoms with Crippen LogP contribution in [-0.4, -0.2) is 18.0 Å². The van der Waals surface area contributed by atoms with Crippen LogP contribution in [0, 0.1) is 0 Å². The number of halogens is 2. The van der Waals surface area contributed by atoms with Crippen molar-refractivity contribution < 1.29 is 9.53 Å². The smallest absolute Gasteiger partial charge is 0.250 e. The molecule has 20 heavy (non-hydrogen) atoms. The lowest BCUT2D eigenvalue weighted by molar-refractivity contribution is 0.100. The predicted molar refractivity (Wildman–Crippen MR) is 79.2 cm³/mol. The average molecular weight is 312 g/mol. The summed E-state index contributed by atoms with van der Waals surface area (Å²) < 4.78 is 5.24. The Morgan fingerprint density at radius 2 is 2.05 bits per heavy atom. The molecule has 0 aliphatic rings. The van der Waals surface area contributed by atoms with E-state index in [1.807, 2.05) is 0 Å². The van der Waals surface area contributed by atoms with Crippen molar-refractivity contribution in [3.8, 4) is 17.0 Å². The van der Waals surface area contributed by atoms with Gasteiger partial charge in [-0.1, -0.05) is 23.2 Å². The van der Waals surface area contributed by atoms with Gasteiger partial charge in [-0.25, -0.2) is 0 Å². The first-order valence-corrected chi connectivity index (χ1v) is 6.29. The maximum atomic E-state index is 11.3. The summed E-state index contributed by atoms with van der Waals surface area (Å²) in [6.45, 7) is 0. The number of methoxy groups -OCH3 is 1. The zero-order valence-corrected chi connectivity index (χ0v) is 12.0. The molecule has 5 nitrogen and oxygen atoms in total. The summed E-state index contributed by atoms with van der Waals surface area (Å²) in [6, 6.07) is 4.74. The maximum Gasteiger partial charge on any atom is 0.250 e. The molecular weight excluding hydrogens is 301 g/mol. The number of carbonyl (C=O) groups excluding carboxylic acids is 1. The Morgan fingerprint density at radius 1 is 1.35 bits per heavy atom. The Labute approximate surface area is 125 Å². The highest BCUT2D eigenvalue weighted by Crippen LogP contribution is 2.41. The molecule has 0 aliphatic heterocycles. The van der Waals surface area contributed by atoms with E-state index < -0.39 is 5.91 Å². The second-order valence-electron chi connectivity index (χ2n) is 3.95. The van der Waals surface area contributed by atoms with Crippen molar-refractivity contribution in [3.63, 3.8) is 0 Å². The third kappa shape index (κ3) is 2.50. The molecule has 0 atom stereocenters. The fourth-order valence-corrected chi connectivity index (χ4v) is 2.22. The zero-order valence-electron chi connectivity index (χ0n) is 10.5. The summed E-state index contributed by atoms with van der Waals surface area (Å²) in [6.07, 6.45) is 1.48. The first-order chi connectivity index (χ1) is 9.45. The van der Waals surface area contributed by atoms with E-state index in [0.29, 0.717) is 16.3 Å². The van der Waals surface area contributed by atoms with Gasteiger partial charge in [0.05, 0.1) is 39.7 Å². The largest absolute Gasteiger partial charge is 0.494 e. The minimum Gasteiger partial charge on any atom is -0.494 e. The van der Waals surface area contributed by atoms with Crippen molar-refractivity contribution in [2.75, 3.05) is 12.8 Å². The lowest BCUT2D eigenvalue weighted by atomic mass is 10.0. The van der Waals surface area contributed by atoms with Crippen molar-refractivity contribution in [1.29, 1.82) is 0 Å². The molecule has 1 aromatic heterocycles. The quantitative estimate of drug-likeness (QED) is 0.853. The highest BCUT2D eigenvalue weighted by molar-refractivity contribution is 6.34. The summed E-state index contributed by atoms with van der Waals surface area (Å²) in [7, 11) is 1.42. The van der Waals surface area contributed by atoms with Crippen molar-refractivity contribution in [1.82, 2.24) is 4.98 Å². The van der Waals surface area contributed by atoms with Crippen molar-refractivity contribution in [2.24, 2.45) is 5.73 Å². The standard InChI is InChI=1S/C13H11Cl2N3O2/c1-20-12-10(9-3-2-6(14)5-18-9)8(15)4-7(11(12)16)13(17)19/h2-5H,16H2,1H3,(H2,17,19). The lowest BCUT2D eigenvalue weighted by Gasteiger charge is -2.15. The summed E-state index contributed by atoms with van der Waals surface area (Å²) in [5.41, 5.74) is 12.4. The number of nitrogens with zero attached hydrogens (tertiary/aromatic N) is 1. The van der Waals surface area contributed by atoms with E-state index >= 15 is 0 Å². The third-order valence-electron chi connectivity index (χ3n) is 2.72. The molecule has 4 N–H and O–H groups in total. The molecule has 0 radical (unpaired) electrons. The molecule has 0 unspecified atom stereocenters. The van der Waals surface area contributed by atoms with Gasteiger partial charge >= 0.3 is 0 Å². The second kappa shape index (κ2) is 5.56. The number of pyridine rings is 1. The van der Waals surface area contributed by atoms with Crippen LogP contribution in [0.5, 0.6) is 5.75 Å². The van der Waals surface area contributed by atoms with Gasteiger partial charge in [-0.05, 0) is 18.2 Å². The van der Waals surface area contributed by atoms with Crippen LogP contribution < -0.4 is 16.2 Å². The Hall–Kier alpha value is -1.98. The Morgan fingerprint density at radius 3 is 2.55 bits per heavy atom. The molecule has 7 heteroatoms. The number of benzene rings is 1. The first-order valence-electron chi connectivity index (χ1n) is 5.53. The van der Waals surface area contributed by atoms with E-state index in [2.05, 4.69) is 4.98 Å². The minimum atomic E-state index is -0.682. The van der Waals surface area contributed by atoms with Crippen LogP contribution in [0.3, 0.4) is 0 Å². The molecule has 1 amide bonds. The van der Waals surface area contributed by atoms with Crippen LogP contribution in [0.15, 0.2) is 24.4 Å². The number of rotatable bonds is 3. The topological polar surface area (TPSA) is 91.2 Å². The number of hydrogen-bond donors (Lipinski definition) is 2. The fraction of sp³-hybridized carbons (Fsp3) is 0.0769. The number of carbonyl (C=O) groups is 1. The molecule has 0 spiro atoms. The molecule has 104 valence electrons. The van der Waals surface area contributed by atoms with Crippen LogP contribution in [0.25, 0.3) is 11.3 Å². The number of ether oxygens (including phenoxy) is 1. The Balaban J connectivity index is 2.73. The maximum absolute atomic E-state index is 11.3. The van der Waals surface area contributed by atoms with Gasteiger partial charge < -0.3 is 16.2 Å². The molecular formula is C13H11Cl2N3O2. The van der Waals surface area contributed by atoms with E-state index in [0.717, 1.165) is 0 Å². The lowest BCUT2D eigenvalue weighted by Crippen LogP contribution is -2.14. The SMILES string of the molecule is COc1c(N)c(C(N)=O)cc(Cl)c1-c1ccc(Cl)cn1. The fourth-order valence-electron chi connectivity index (χ4n) is 1.82. The Bertz CT molecular complexity index is 672. The van der Waals surface area contributed by atoms with E-state index in [-0.39, 0.29) is 22.0 Å². The highest BCUT2D eigenvalue weighted by atomic mass is 35.5. The van der Waals surface area contributed by atoms with Crippen molar-refractivity contribution in [2.45, 2.75) is 0 Å². The average Bonchev–Trinajstić information content (AvgIpc) is 2.41. The van der Waals surface area contributed by atoms with E-state index in [1.54, 1.807) is 12.1 Å². The van der Waals surface area contributed by atoms with Crippen LogP contribution in [0.1, 0.15) is 10.4 Å². The first kappa shape index (κ1) is 14.4. The molecule has 2 rings (SSSR count). The van der Waals surface area contributed by atoms with Gasteiger partial charge in [0.2, 0.25) is 0 Å². The van der Waals surface area contributed by atoms with Crippen LogP contribution in [0.2, 0.25) is 10.0 Å². The number of nitrogens with two attached hydrogens (primary N) is 2. The molecule has 1 aromatic carbocycles. The van der Waals surface area contributed by atoms with E-state index in [4.69, 9.17) is 39.4 Å². The zero-order chi connectivity index (χ0) is 14.9. The number of anilines is 1. The molecule has 2 aromatic rings. The number of aromatic nitrogens is 1. The normalized spacial score (nSPS) is 10.3. The summed E-state index contributed by atoms with van der Waals surface area (Å²) >= 11 is 12.0. The van der Waals surface area contributed by atoms with E-state index in [9.17, 15) is 4.79 Å². The van der Waals surface area contributed by atoms with Gasteiger partial charge in [0.25, 0.3) is 5.91 Å². The van der Waals surface area contributed by atoms with Crippen molar-refractivity contribution >= 4 is 34.8 Å². The van der Waals surface area contributed by atoms with Gasteiger partial charge in [0.1, 0.15) is 0 Å². The van der Waals surface area contributed by atoms with Crippen molar-refractivity contribution in [3.05, 3.63) is 40.0 Å². The molecule has 0 saturated heterocycles. The molecule has 0 saturated carbocycles. The summed E-state index contributed by atoms with van der Waals surface area (Å²) in [5.74, 6) is -0.431. The summed E-state index contributed by atoms with van der Waals surface area (Å²) in [5, 5.41) is 0.755. The van der Waals surface area contributed by atoms with E-state index in [1.165, 1.54) is 19.4 Å². The van der Waals surface area contributed by atoms with Crippen LogP contribution >= 0.6 is 23.2 Å². The monoisotopic (exact) mass is 311 g/mol. The van der Waals surface area contributed by atoms with Gasteiger partial charge in [0.15, 0.2) is 5.75 Å². The molecule has 1 heterocycles. The van der Waals surface area contributed by atoms with Gasteiger partial charge in [0, 0.05) is 6.20 Å². The number of primary amides is 1. The number of hydrogen-bond acceptors (Lipinski definition) is 4. The van der Waals surface area contributed by atoms with Gasteiger partial charge in [-0.15, -0.1) is 0 Å². The molecule has 0 bridgehead atoms.